The van der Waals surface area contributed by atoms with Crippen LogP contribution in [0.2, 0.25) is 0 Å². The van der Waals surface area contributed by atoms with Gasteiger partial charge in [-0.3, -0.25) is 5.43 Å². The van der Waals surface area contributed by atoms with Crippen LogP contribution in [0.15, 0.2) is 29.4 Å². The molecule has 0 atom stereocenters. The van der Waals surface area contributed by atoms with Crippen molar-refractivity contribution >= 4 is 28.7 Å². The number of rotatable bonds is 5. The highest BCUT2D eigenvalue weighted by atomic mass is 32.1. The van der Waals surface area contributed by atoms with E-state index in [9.17, 15) is 9.18 Å². The number of aryl methyl sites for hydroxylation is 1. The number of benzene rings is 1. The molecule has 0 bridgehead atoms. The second kappa shape index (κ2) is 6.94. The molecule has 21 heavy (non-hydrogen) atoms. The maximum absolute atomic E-state index is 13.0. The first-order valence-corrected chi connectivity index (χ1v) is 7.11. The van der Waals surface area contributed by atoms with Crippen molar-refractivity contribution < 1.29 is 13.9 Å². The predicted molar refractivity (Wildman–Crippen MR) is 80.4 cm³/mol. The molecule has 7 heteroatoms. The van der Waals surface area contributed by atoms with Crippen molar-refractivity contribution in [3.05, 3.63) is 46.2 Å². The number of ether oxygens (including phenoxy) is 1. The molecule has 0 aliphatic heterocycles. The molecule has 2 rings (SSSR count). The Bertz CT molecular complexity index is 670. The third-order valence-electron chi connectivity index (χ3n) is 2.48. The standard InChI is InChI=1S/C14H14FN3O2S/c1-3-20-13(19)12-9(2)17-14(21-12)18-16-8-10-5-4-6-11(15)7-10/h4-8H,3H2,1-2H3,(H,17,18)/b16-8+. The number of carbonyl (C=O) groups is 1. The zero-order valence-corrected chi connectivity index (χ0v) is 12.4. The Morgan fingerprint density at radius 1 is 1.57 bits per heavy atom. The average molecular weight is 307 g/mol. The van der Waals surface area contributed by atoms with E-state index in [1.54, 1.807) is 26.0 Å². The molecule has 1 heterocycles. The van der Waals surface area contributed by atoms with Crippen LogP contribution >= 0.6 is 11.3 Å². The predicted octanol–water partition coefficient (Wildman–Crippen LogP) is 3.21. The number of nitrogens with one attached hydrogen (secondary N) is 1. The molecular weight excluding hydrogens is 293 g/mol. The van der Waals surface area contributed by atoms with E-state index in [2.05, 4.69) is 15.5 Å². The third-order valence-corrected chi connectivity index (χ3v) is 3.52. The number of esters is 1. The maximum Gasteiger partial charge on any atom is 0.350 e. The molecule has 1 aromatic carbocycles. The Labute approximate surface area is 125 Å². The van der Waals surface area contributed by atoms with E-state index in [0.717, 1.165) is 11.3 Å². The van der Waals surface area contributed by atoms with Crippen LogP contribution in [-0.4, -0.2) is 23.8 Å². The summed E-state index contributed by atoms with van der Waals surface area (Å²) in [6.07, 6.45) is 1.48. The summed E-state index contributed by atoms with van der Waals surface area (Å²) >= 11 is 1.16. The minimum absolute atomic E-state index is 0.316. The van der Waals surface area contributed by atoms with Gasteiger partial charge < -0.3 is 4.74 Å². The van der Waals surface area contributed by atoms with Gasteiger partial charge in [0, 0.05) is 0 Å². The summed E-state index contributed by atoms with van der Waals surface area (Å²) in [7, 11) is 0. The van der Waals surface area contributed by atoms with E-state index in [0.29, 0.717) is 27.9 Å². The maximum atomic E-state index is 13.0. The van der Waals surface area contributed by atoms with E-state index in [1.165, 1.54) is 18.3 Å². The molecule has 2 aromatic rings. The van der Waals surface area contributed by atoms with Crippen molar-refractivity contribution in [2.45, 2.75) is 13.8 Å². The molecule has 5 nitrogen and oxygen atoms in total. The Morgan fingerprint density at radius 2 is 2.38 bits per heavy atom. The smallest absolute Gasteiger partial charge is 0.350 e. The van der Waals surface area contributed by atoms with Crippen molar-refractivity contribution in [2.24, 2.45) is 5.10 Å². The number of carbonyl (C=O) groups excluding carboxylic acids is 1. The van der Waals surface area contributed by atoms with Crippen molar-refractivity contribution in [2.75, 3.05) is 12.0 Å². The lowest BCUT2D eigenvalue weighted by atomic mass is 10.2. The van der Waals surface area contributed by atoms with Gasteiger partial charge in [-0.2, -0.15) is 5.10 Å². The first-order valence-electron chi connectivity index (χ1n) is 6.29. The van der Waals surface area contributed by atoms with Gasteiger partial charge in [-0.1, -0.05) is 23.5 Å². The van der Waals surface area contributed by atoms with Crippen molar-refractivity contribution in [1.29, 1.82) is 0 Å². The van der Waals surface area contributed by atoms with Gasteiger partial charge >= 0.3 is 5.97 Å². The molecule has 110 valence electrons. The molecule has 0 saturated heterocycles. The first kappa shape index (κ1) is 15.1. The lowest BCUT2D eigenvalue weighted by Crippen LogP contribution is -2.03. The number of hydrogen-bond donors (Lipinski definition) is 1. The molecular formula is C14H14FN3O2S. The highest BCUT2D eigenvalue weighted by Gasteiger charge is 2.15. The summed E-state index contributed by atoms with van der Waals surface area (Å²) in [5.41, 5.74) is 3.93. The fraction of sp³-hybridized carbons (Fsp3) is 0.214. The zero-order chi connectivity index (χ0) is 15.2. The van der Waals surface area contributed by atoms with E-state index in [-0.39, 0.29) is 5.82 Å². The van der Waals surface area contributed by atoms with Crippen molar-refractivity contribution in [1.82, 2.24) is 4.98 Å². The van der Waals surface area contributed by atoms with Crippen molar-refractivity contribution in [3.63, 3.8) is 0 Å². The number of anilines is 1. The number of nitrogens with zero attached hydrogens (tertiary/aromatic N) is 2. The topological polar surface area (TPSA) is 63.6 Å². The van der Waals surface area contributed by atoms with Crippen molar-refractivity contribution in [3.8, 4) is 0 Å². The molecule has 0 amide bonds. The van der Waals surface area contributed by atoms with Gasteiger partial charge in [0.2, 0.25) is 5.13 Å². The van der Waals surface area contributed by atoms with Gasteiger partial charge in [0.05, 0.1) is 18.5 Å². The molecule has 0 spiro atoms. The molecule has 0 radical (unpaired) electrons. The molecule has 0 saturated carbocycles. The van der Waals surface area contributed by atoms with Crippen LogP contribution in [0.25, 0.3) is 0 Å². The number of thiazole rings is 1. The van der Waals surface area contributed by atoms with Crippen LogP contribution < -0.4 is 5.43 Å². The number of hydrogen-bond acceptors (Lipinski definition) is 6. The van der Waals surface area contributed by atoms with Gasteiger partial charge in [0.1, 0.15) is 10.7 Å². The summed E-state index contributed by atoms with van der Waals surface area (Å²) in [5, 5.41) is 4.44. The third kappa shape index (κ3) is 4.09. The van der Waals surface area contributed by atoms with Gasteiger partial charge in [-0.25, -0.2) is 14.2 Å². The minimum Gasteiger partial charge on any atom is -0.462 e. The molecule has 1 N–H and O–H groups in total. The van der Waals surface area contributed by atoms with E-state index >= 15 is 0 Å². The number of hydrazone groups is 1. The quantitative estimate of drug-likeness (QED) is 0.523. The van der Waals surface area contributed by atoms with Gasteiger partial charge in [0.15, 0.2) is 0 Å². The summed E-state index contributed by atoms with van der Waals surface area (Å²) in [5.74, 6) is -0.719. The van der Waals surface area contributed by atoms with Gasteiger partial charge in [-0.15, -0.1) is 0 Å². The highest BCUT2D eigenvalue weighted by Crippen LogP contribution is 2.23. The fourth-order valence-corrected chi connectivity index (χ4v) is 2.39. The van der Waals surface area contributed by atoms with Gasteiger partial charge in [-0.05, 0) is 31.5 Å². The lowest BCUT2D eigenvalue weighted by molar-refractivity contribution is 0.0531. The van der Waals surface area contributed by atoms with E-state index < -0.39 is 5.97 Å². The van der Waals surface area contributed by atoms with Crippen LogP contribution in [0.4, 0.5) is 9.52 Å². The van der Waals surface area contributed by atoms with E-state index in [1.807, 2.05) is 0 Å². The number of halogens is 1. The molecule has 0 aliphatic carbocycles. The monoisotopic (exact) mass is 307 g/mol. The second-order valence-corrected chi connectivity index (χ2v) is 5.08. The van der Waals surface area contributed by atoms with Gasteiger partial charge in [0.25, 0.3) is 0 Å². The second-order valence-electron chi connectivity index (χ2n) is 4.08. The van der Waals surface area contributed by atoms with Crippen LogP contribution in [0.3, 0.4) is 0 Å². The van der Waals surface area contributed by atoms with Crippen LogP contribution in [0.1, 0.15) is 27.9 Å². The Kier molecular flexibility index (Phi) is 4.99. The summed E-state index contributed by atoms with van der Waals surface area (Å²) < 4.78 is 17.9. The first-order chi connectivity index (χ1) is 10.1. The minimum atomic E-state index is -0.394. The molecule has 1 aromatic heterocycles. The lowest BCUT2D eigenvalue weighted by Gasteiger charge is -1.97. The SMILES string of the molecule is CCOC(=O)c1sc(N/N=C/c2cccc(F)c2)nc1C. The van der Waals surface area contributed by atoms with Crippen LogP contribution in [0, 0.1) is 12.7 Å². The summed E-state index contributed by atoms with van der Waals surface area (Å²) in [6, 6.07) is 6.05. The summed E-state index contributed by atoms with van der Waals surface area (Å²) in [6.45, 7) is 3.79. The average Bonchev–Trinajstić information content (AvgIpc) is 2.80. The fourth-order valence-electron chi connectivity index (χ4n) is 1.58. The Morgan fingerprint density at radius 3 is 3.10 bits per heavy atom. The normalized spacial score (nSPS) is 10.8. The van der Waals surface area contributed by atoms with E-state index in [4.69, 9.17) is 4.74 Å². The Hall–Kier alpha value is -2.28. The Balaban J connectivity index is 2.04. The summed E-state index contributed by atoms with van der Waals surface area (Å²) in [4.78, 5) is 16.3. The zero-order valence-electron chi connectivity index (χ0n) is 11.6. The molecule has 0 fully saturated rings. The largest absolute Gasteiger partial charge is 0.462 e. The highest BCUT2D eigenvalue weighted by molar-refractivity contribution is 7.17. The molecule has 0 aliphatic rings. The molecule has 0 unspecified atom stereocenters. The van der Waals surface area contributed by atoms with Crippen LogP contribution in [-0.2, 0) is 4.74 Å². The number of aromatic nitrogens is 1. The van der Waals surface area contributed by atoms with Crippen LogP contribution in [0.5, 0.6) is 0 Å².